The number of quaternary nitrogens is 2. The molecule has 4 N–H and O–H groups in total. The second kappa shape index (κ2) is 9.35. The van der Waals surface area contributed by atoms with Crippen molar-refractivity contribution in [3.05, 3.63) is 29.3 Å². The van der Waals surface area contributed by atoms with Gasteiger partial charge in [0, 0.05) is 22.7 Å². The summed E-state index contributed by atoms with van der Waals surface area (Å²) in [5.74, 6) is 0.0887. The summed E-state index contributed by atoms with van der Waals surface area (Å²) in [4.78, 5) is 26.9. The van der Waals surface area contributed by atoms with Crippen molar-refractivity contribution in [2.24, 2.45) is 0 Å². The van der Waals surface area contributed by atoms with Crippen molar-refractivity contribution in [3.63, 3.8) is 0 Å². The number of hydrogen-bond acceptors (Lipinski definition) is 2. The van der Waals surface area contributed by atoms with E-state index in [2.05, 4.69) is 10.6 Å². The molecule has 6 nitrogen and oxygen atoms in total. The molecule has 2 atom stereocenters. The third-order valence-electron chi connectivity index (χ3n) is 4.34. The molecule has 0 aliphatic carbocycles. The van der Waals surface area contributed by atoms with Crippen LogP contribution in [0.1, 0.15) is 27.2 Å². The molecule has 1 aromatic carbocycles. The monoisotopic (exact) mass is 382 g/mol. The number of carbonyl (C=O) groups excluding carboxylic acids is 2. The predicted octanol–water partition coefficient (Wildman–Crippen LogP) is -0.633. The Morgan fingerprint density at radius 3 is 2.23 bits per heavy atom. The molecular formula is C19H31ClN4O2+2. The Balaban J connectivity index is 1.77. The van der Waals surface area contributed by atoms with Crippen LogP contribution in [0.5, 0.6) is 0 Å². The Morgan fingerprint density at radius 2 is 1.65 bits per heavy atom. The zero-order chi connectivity index (χ0) is 19.2. The summed E-state index contributed by atoms with van der Waals surface area (Å²) in [6, 6.07) is 7.18. The average molecular weight is 383 g/mol. The third kappa shape index (κ3) is 7.72. The minimum Gasteiger partial charge on any atom is -0.347 e. The van der Waals surface area contributed by atoms with E-state index in [1.165, 1.54) is 9.80 Å². The van der Waals surface area contributed by atoms with Crippen molar-refractivity contribution in [1.82, 2.24) is 5.32 Å². The second-order valence-electron chi connectivity index (χ2n) is 8.06. The Labute approximate surface area is 160 Å². The van der Waals surface area contributed by atoms with Crippen molar-refractivity contribution in [3.8, 4) is 0 Å². The largest absolute Gasteiger partial charge is 0.347 e. The molecule has 26 heavy (non-hydrogen) atoms. The number of carbonyl (C=O) groups is 2. The number of rotatable bonds is 5. The zero-order valence-electron chi connectivity index (χ0n) is 16.0. The van der Waals surface area contributed by atoms with Crippen LogP contribution in [0.4, 0.5) is 5.69 Å². The first kappa shape index (κ1) is 20.7. The van der Waals surface area contributed by atoms with E-state index in [1.807, 2.05) is 32.9 Å². The van der Waals surface area contributed by atoms with Crippen LogP contribution in [0, 0.1) is 0 Å². The van der Waals surface area contributed by atoms with Crippen molar-refractivity contribution < 1.29 is 19.4 Å². The topological polar surface area (TPSA) is 67.1 Å². The molecule has 2 rings (SSSR count). The van der Waals surface area contributed by atoms with Gasteiger partial charge in [0.1, 0.15) is 13.1 Å². The van der Waals surface area contributed by atoms with E-state index in [9.17, 15) is 9.59 Å². The highest BCUT2D eigenvalue weighted by atomic mass is 35.5. The molecule has 0 radical (unpaired) electrons. The molecule has 0 bridgehead atoms. The molecule has 1 aliphatic heterocycles. The summed E-state index contributed by atoms with van der Waals surface area (Å²) in [5, 5.41) is 6.53. The summed E-state index contributed by atoms with van der Waals surface area (Å²) in [6.45, 7) is 10.6. The molecule has 2 unspecified atom stereocenters. The first-order valence-electron chi connectivity index (χ1n) is 9.25. The van der Waals surface area contributed by atoms with Gasteiger partial charge in [-0.15, -0.1) is 0 Å². The predicted molar refractivity (Wildman–Crippen MR) is 104 cm³/mol. The van der Waals surface area contributed by atoms with E-state index in [0.717, 1.165) is 38.3 Å². The minimum absolute atomic E-state index is 0.00353. The van der Waals surface area contributed by atoms with Gasteiger partial charge in [0.2, 0.25) is 0 Å². The third-order valence-corrected chi connectivity index (χ3v) is 4.57. The van der Waals surface area contributed by atoms with Crippen LogP contribution in [0.2, 0.25) is 5.02 Å². The van der Waals surface area contributed by atoms with Crippen LogP contribution in [0.15, 0.2) is 24.3 Å². The second-order valence-corrected chi connectivity index (χ2v) is 8.50. The lowest BCUT2D eigenvalue weighted by Gasteiger charge is -2.22. The maximum Gasteiger partial charge on any atom is 0.279 e. The Bertz CT molecular complexity index is 630. The van der Waals surface area contributed by atoms with E-state index >= 15 is 0 Å². The number of amides is 2. The van der Waals surface area contributed by atoms with Gasteiger partial charge in [0.15, 0.2) is 13.1 Å². The van der Waals surface area contributed by atoms with Gasteiger partial charge in [0.25, 0.3) is 11.8 Å². The quantitative estimate of drug-likeness (QED) is 0.547. The maximum atomic E-state index is 12.3. The lowest BCUT2D eigenvalue weighted by molar-refractivity contribution is -0.930. The number of hydrogen-bond donors (Lipinski definition) is 4. The highest BCUT2D eigenvalue weighted by Crippen LogP contribution is 2.14. The van der Waals surface area contributed by atoms with Gasteiger partial charge in [-0.1, -0.05) is 17.7 Å². The average Bonchev–Trinajstić information content (AvgIpc) is 2.70. The number of nitrogens with one attached hydrogen (secondary N) is 4. The fraction of sp³-hybridized carbons (Fsp3) is 0.579. The highest BCUT2D eigenvalue weighted by molar-refractivity contribution is 6.30. The van der Waals surface area contributed by atoms with Gasteiger partial charge < -0.3 is 20.4 Å². The van der Waals surface area contributed by atoms with Crippen LogP contribution in [-0.2, 0) is 9.59 Å². The number of anilines is 1. The summed E-state index contributed by atoms with van der Waals surface area (Å²) in [5.41, 5.74) is 0.528. The number of halogens is 1. The first-order valence-corrected chi connectivity index (χ1v) is 9.62. The molecule has 1 aromatic rings. The fourth-order valence-corrected chi connectivity index (χ4v) is 3.42. The van der Waals surface area contributed by atoms with E-state index in [-0.39, 0.29) is 17.4 Å². The van der Waals surface area contributed by atoms with Crippen LogP contribution in [0.3, 0.4) is 0 Å². The summed E-state index contributed by atoms with van der Waals surface area (Å²) < 4.78 is 0. The first-order chi connectivity index (χ1) is 12.2. The fourth-order valence-electron chi connectivity index (χ4n) is 3.23. The number of benzene rings is 1. The van der Waals surface area contributed by atoms with Gasteiger partial charge >= 0.3 is 0 Å². The molecule has 1 saturated heterocycles. The molecule has 2 amide bonds. The minimum atomic E-state index is -0.196. The normalized spacial score (nSPS) is 20.9. The van der Waals surface area contributed by atoms with E-state index < -0.39 is 0 Å². The maximum absolute atomic E-state index is 12.3. The Hall–Kier alpha value is -1.63. The molecule has 144 valence electrons. The van der Waals surface area contributed by atoms with Crippen LogP contribution < -0.4 is 20.4 Å². The molecule has 0 spiro atoms. The lowest BCUT2D eigenvalue weighted by Crippen LogP contribution is -3.18. The van der Waals surface area contributed by atoms with Gasteiger partial charge in [-0.2, -0.15) is 0 Å². The van der Waals surface area contributed by atoms with E-state index in [4.69, 9.17) is 11.6 Å². The Kier molecular flexibility index (Phi) is 7.43. The molecule has 7 heteroatoms. The van der Waals surface area contributed by atoms with Crippen molar-refractivity contribution >= 4 is 29.1 Å². The Morgan fingerprint density at radius 1 is 1.04 bits per heavy atom. The standard InChI is InChI=1S/C19H29ClN4O2/c1-19(2,3)22-18(26)14-24-9-5-8-23(10-11-24)13-17(25)21-16-7-4-6-15(20)12-16/h4,6-7,12H,5,8-11,13-14H2,1-3H3,(H,21,25)(H,22,26)/p+2. The zero-order valence-corrected chi connectivity index (χ0v) is 16.7. The molecule has 1 heterocycles. The molecule has 1 aliphatic rings. The van der Waals surface area contributed by atoms with Crippen molar-refractivity contribution in [2.75, 3.05) is 44.6 Å². The van der Waals surface area contributed by atoms with E-state index in [1.54, 1.807) is 12.1 Å². The van der Waals surface area contributed by atoms with Crippen LogP contribution in [-0.4, -0.2) is 56.6 Å². The van der Waals surface area contributed by atoms with E-state index in [0.29, 0.717) is 18.1 Å². The van der Waals surface area contributed by atoms with Gasteiger partial charge in [0.05, 0.1) is 13.1 Å². The van der Waals surface area contributed by atoms with Gasteiger partial charge in [-0.05, 0) is 39.0 Å². The molecule has 0 saturated carbocycles. The van der Waals surface area contributed by atoms with Crippen LogP contribution >= 0.6 is 11.6 Å². The van der Waals surface area contributed by atoms with Gasteiger partial charge in [-0.25, -0.2) is 0 Å². The summed E-state index contributed by atoms with van der Waals surface area (Å²) >= 11 is 5.95. The molecule has 1 fully saturated rings. The van der Waals surface area contributed by atoms with Gasteiger partial charge in [-0.3, -0.25) is 9.59 Å². The lowest BCUT2D eigenvalue weighted by atomic mass is 10.1. The highest BCUT2D eigenvalue weighted by Gasteiger charge is 2.25. The van der Waals surface area contributed by atoms with Crippen LogP contribution in [0.25, 0.3) is 0 Å². The van der Waals surface area contributed by atoms with Crippen molar-refractivity contribution in [2.45, 2.75) is 32.7 Å². The smallest absolute Gasteiger partial charge is 0.279 e. The molecular weight excluding hydrogens is 352 g/mol. The SMILES string of the molecule is CC(C)(C)NC(=O)C[NH+]1CCC[NH+](CC(=O)Nc2cccc(Cl)c2)CC1. The summed E-state index contributed by atoms with van der Waals surface area (Å²) in [7, 11) is 0. The van der Waals surface area contributed by atoms with Crippen molar-refractivity contribution in [1.29, 1.82) is 0 Å². The molecule has 0 aromatic heterocycles. The summed E-state index contributed by atoms with van der Waals surface area (Å²) in [6.07, 6.45) is 1.01.